The molecule has 33 heavy (non-hydrogen) atoms. The van der Waals surface area contributed by atoms with E-state index in [4.69, 9.17) is 23.9 Å². The zero-order valence-corrected chi connectivity index (χ0v) is 18.7. The molecule has 1 saturated heterocycles. The summed E-state index contributed by atoms with van der Waals surface area (Å²) in [7, 11) is 3.25. The number of hydrogen-bond acceptors (Lipinski definition) is 8. The van der Waals surface area contributed by atoms with E-state index in [2.05, 4.69) is 10.4 Å². The molecule has 2 aromatic heterocycles. The Labute approximate surface area is 191 Å². The van der Waals surface area contributed by atoms with Crippen molar-refractivity contribution < 1.29 is 23.7 Å². The molecule has 2 aliphatic heterocycles. The minimum Gasteiger partial charge on any atom is -0.497 e. The van der Waals surface area contributed by atoms with Crippen molar-refractivity contribution in [1.29, 1.82) is 0 Å². The van der Waals surface area contributed by atoms with Crippen molar-refractivity contribution >= 4 is 17.2 Å². The molecule has 10 nitrogen and oxygen atoms in total. The Morgan fingerprint density at radius 3 is 3.00 bits per heavy atom. The molecule has 2 atom stereocenters. The second-order valence-corrected chi connectivity index (χ2v) is 8.05. The van der Waals surface area contributed by atoms with Gasteiger partial charge in [0, 0.05) is 56.2 Å². The number of nitrogens with zero attached hydrogens (tertiary/aromatic N) is 4. The van der Waals surface area contributed by atoms with Crippen molar-refractivity contribution in [1.82, 2.24) is 19.5 Å². The molecule has 1 N–H and O–H groups in total. The van der Waals surface area contributed by atoms with Crippen LogP contribution in [0.1, 0.15) is 6.42 Å². The number of anilines is 1. The van der Waals surface area contributed by atoms with E-state index in [1.807, 2.05) is 29.3 Å². The van der Waals surface area contributed by atoms with Gasteiger partial charge < -0.3 is 29.2 Å². The molecule has 4 bridgehead atoms. The van der Waals surface area contributed by atoms with Crippen LogP contribution in [0.4, 0.5) is 5.69 Å². The zero-order chi connectivity index (χ0) is 22.8. The summed E-state index contributed by atoms with van der Waals surface area (Å²) in [5, 5.41) is 7.85. The van der Waals surface area contributed by atoms with Crippen LogP contribution in [-0.4, -0.2) is 84.7 Å². The summed E-state index contributed by atoms with van der Waals surface area (Å²) in [6.07, 6.45) is 3.67. The van der Waals surface area contributed by atoms with Gasteiger partial charge in [0.1, 0.15) is 18.5 Å². The van der Waals surface area contributed by atoms with E-state index in [1.54, 1.807) is 31.0 Å². The Morgan fingerprint density at radius 1 is 1.24 bits per heavy atom. The monoisotopic (exact) mass is 453 g/mol. The summed E-state index contributed by atoms with van der Waals surface area (Å²) in [6.45, 7) is 2.26. The quantitative estimate of drug-likeness (QED) is 0.585. The third-order valence-corrected chi connectivity index (χ3v) is 5.99. The van der Waals surface area contributed by atoms with E-state index in [1.165, 1.54) is 0 Å². The number of rotatable bonds is 5. The van der Waals surface area contributed by atoms with Gasteiger partial charge in [-0.15, -0.1) is 0 Å². The Bertz CT molecular complexity index is 1150. The standard InChI is InChI=1S/C23H27N5O5/c1-30-7-8-32-20-12-17-14-33-21-3-5-28-22(26-21)19(13-25-28)15-9-16(11-18(10-15)31-2)24-4-6-27(17)23(20)29/h3,5,9-11,13,17,20,24H,4,6-8,12,14H2,1-2H3/t17-,20+/m0/s1. The van der Waals surface area contributed by atoms with Gasteiger partial charge in [-0.1, -0.05) is 0 Å². The maximum atomic E-state index is 13.0. The lowest BCUT2D eigenvalue weighted by Crippen LogP contribution is -2.41. The fourth-order valence-corrected chi connectivity index (χ4v) is 4.32. The smallest absolute Gasteiger partial charge is 0.252 e. The van der Waals surface area contributed by atoms with Gasteiger partial charge in [-0.25, -0.2) is 4.52 Å². The lowest BCUT2D eigenvalue weighted by molar-refractivity contribution is -0.138. The molecule has 3 aromatic rings. The van der Waals surface area contributed by atoms with Crippen LogP contribution < -0.4 is 14.8 Å². The molecule has 0 radical (unpaired) electrons. The van der Waals surface area contributed by atoms with Gasteiger partial charge in [-0.2, -0.15) is 10.1 Å². The Balaban J connectivity index is 1.48. The van der Waals surface area contributed by atoms with Gasteiger partial charge in [0.15, 0.2) is 5.65 Å². The van der Waals surface area contributed by atoms with Crippen LogP contribution >= 0.6 is 0 Å². The normalized spacial score (nSPS) is 20.3. The highest BCUT2D eigenvalue weighted by molar-refractivity contribution is 5.84. The first-order valence-corrected chi connectivity index (χ1v) is 11.0. The van der Waals surface area contributed by atoms with Crippen LogP contribution in [0.15, 0.2) is 36.7 Å². The third-order valence-electron chi connectivity index (χ3n) is 5.99. The van der Waals surface area contributed by atoms with Gasteiger partial charge >= 0.3 is 0 Å². The SMILES string of the molecule is COCCO[C@@H]1C[C@H]2COc3ccn4ncc(c4n3)-c3cc(cc(OC)c3)NCCN2C1=O. The number of carbonyl (C=O) groups is 1. The summed E-state index contributed by atoms with van der Waals surface area (Å²) in [5.41, 5.74) is 3.38. The Hall–Kier alpha value is -3.37. The first-order chi connectivity index (χ1) is 16.2. The van der Waals surface area contributed by atoms with E-state index in [9.17, 15) is 4.79 Å². The van der Waals surface area contributed by atoms with Crippen molar-refractivity contribution in [3.63, 3.8) is 0 Å². The van der Waals surface area contributed by atoms with Crippen molar-refractivity contribution in [2.24, 2.45) is 0 Å². The Kier molecular flexibility index (Phi) is 6.01. The van der Waals surface area contributed by atoms with Crippen molar-refractivity contribution in [3.05, 3.63) is 36.7 Å². The predicted octanol–water partition coefficient (Wildman–Crippen LogP) is 1.84. The van der Waals surface area contributed by atoms with Crippen LogP contribution in [0.5, 0.6) is 11.6 Å². The average Bonchev–Trinajstić information content (AvgIpc) is 3.38. The van der Waals surface area contributed by atoms with Gasteiger partial charge in [-0.05, 0) is 17.7 Å². The first kappa shape index (κ1) is 21.5. The molecule has 2 aliphatic rings. The number of methoxy groups -OCH3 is 2. The molecule has 1 aromatic carbocycles. The zero-order valence-electron chi connectivity index (χ0n) is 18.7. The summed E-state index contributed by atoms with van der Waals surface area (Å²) in [5.74, 6) is 1.18. The topological polar surface area (TPSA) is 99.4 Å². The maximum Gasteiger partial charge on any atom is 0.252 e. The summed E-state index contributed by atoms with van der Waals surface area (Å²) >= 11 is 0. The lowest BCUT2D eigenvalue weighted by atomic mass is 10.1. The van der Waals surface area contributed by atoms with Gasteiger partial charge in [0.25, 0.3) is 5.91 Å². The van der Waals surface area contributed by atoms with Crippen LogP contribution in [0.25, 0.3) is 16.8 Å². The fourth-order valence-electron chi connectivity index (χ4n) is 4.32. The summed E-state index contributed by atoms with van der Waals surface area (Å²) in [6, 6.07) is 7.58. The second kappa shape index (κ2) is 9.24. The predicted molar refractivity (Wildman–Crippen MR) is 121 cm³/mol. The number of amides is 1. The van der Waals surface area contributed by atoms with Crippen LogP contribution in [-0.2, 0) is 14.3 Å². The maximum absolute atomic E-state index is 13.0. The largest absolute Gasteiger partial charge is 0.497 e. The Morgan fingerprint density at radius 2 is 2.15 bits per heavy atom. The number of aromatic nitrogens is 3. The van der Waals surface area contributed by atoms with Crippen molar-refractivity contribution in [2.45, 2.75) is 18.6 Å². The molecule has 0 aliphatic carbocycles. The molecular formula is C23H27N5O5. The molecule has 0 saturated carbocycles. The van der Waals surface area contributed by atoms with Gasteiger partial charge in [0.05, 0.1) is 32.6 Å². The molecule has 5 rings (SSSR count). The number of benzene rings is 1. The average molecular weight is 453 g/mol. The fraction of sp³-hybridized carbons (Fsp3) is 0.435. The second-order valence-electron chi connectivity index (χ2n) is 8.05. The minimum absolute atomic E-state index is 0.0265. The molecule has 4 heterocycles. The first-order valence-electron chi connectivity index (χ1n) is 11.0. The van der Waals surface area contributed by atoms with E-state index in [0.29, 0.717) is 50.9 Å². The highest BCUT2D eigenvalue weighted by atomic mass is 16.5. The van der Waals surface area contributed by atoms with E-state index >= 15 is 0 Å². The molecule has 10 heteroatoms. The number of ether oxygens (including phenoxy) is 4. The van der Waals surface area contributed by atoms with E-state index in [-0.39, 0.29) is 11.9 Å². The van der Waals surface area contributed by atoms with E-state index in [0.717, 1.165) is 22.6 Å². The third kappa shape index (κ3) is 4.31. The number of carbonyl (C=O) groups excluding carboxylic acids is 1. The molecule has 1 amide bonds. The van der Waals surface area contributed by atoms with E-state index < -0.39 is 6.10 Å². The van der Waals surface area contributed by atoms with Crippen molar-refractivity contribution in [3.8, 4) is 22.8 Å². The van der Waals surface area contributed by atoms with Crippen LogP contribution in [0.3, 0.4) is 0 Å². The number of nitrogens with one attached hydrogen (secondary N) is 1. The number of fused-ring (bicyclic) bond motifs is 5. The van der Waals surface area contributed by atoms with Crippen molar-refractivity contribution in [2.75, 3.05) is 52.4 Å². The van der Waals surface area contributed by atoms with Crippen LogP contribution in [0.2, 0.25) is 0 Å². The highest BCUT2D eigenvalue weighted by Gasteiger charge is 2.40. The molecule has 174 valence electrons. The molecule has 0 unspecified atom stereocenters. The summed E-state index contributed by atoms with van der Waals surface area (Å²) < 4.78 is 24.1. The molecule has 0 spiro atoms. The van der Waals surface area contributed by atoms with Gasteiger partial charge in [-0.3, -0.25) is 4.79 Å². The minimum atomic E-state index is -0.496. The van der Waals surface area contributed by atoms with Crippen LogP contribution in [0, 0.1) is 0 Å². The van der Waals surface area contributed by atoms with Gasteiger partial charge in [0.2, 0.25) is 5.88 Å². The summed E-state index contributed by atoms with van der Waals surface area (Å²) in [4.78, 5) is 19.6. The number of hydrogen-bond donors (Lipinski definition) is 1. The lowest BCUT2D eigenvalue weighted by Gasteiger charge is -2.25. The molecule has 1 fully saturated rings. The molecular weight excluding hydrogens is 426 g/mol. The highest BCUT2D eigenvalue weighted by Crippen LogP contribution is 2.32.